The van der Waals surface area contributed by atoms with E-state index >= 15 is 0 Å². The van der Waals surface area contributed by atoms with Gasteiger partial charge in [0.25, 0.3) is 5.91 Å². The molecule has 0 aliphatic heterocycles. The van der Waals surface area contributed by atoms with Crippen LogP contribution in [0.5, 0.6) is 5.75 Å². The number of rotatable bonds is 7. The minimum atomic E-state index is -3.22. The van der Waals surface area contributed by atoms with Gasteiger partial charge >= 0.3 is 5.92 Å². The number of alkyl halides is 2. The molecule has 0 saturated carbocycles. The second-order valence-corrected chi connectivity index (χ2v) is 6.56. The molecule has 9 nitrogen and oxygen atoms in total. The van der Waals surface area contributed by atoms with Gasteiger partial charge in [-0.05, 0) is 6.92 Å². The number of halogens is 2. The molecule has 2 N–H and O–H groups in total. The first-order valence-electron chi connectivity index (χ1n) is 8.57. The van der Waals surface area contributed by atoms with E-state index in [4.69, 9.17) is 4.74 Å². The quantitative estimate of drug-likeness (QED) is 0.724. The van der Waals surface area contributed by atoms with Crippen LogP contribution in [0, 0.1) is 6.92 Å². The van der Waals surface area contributed by atoms with Crippen molar-refractivity contribution in [3.8, 4) is 5.75 Å². The maximum Gasteiger partial charge on any atom is 0.303 e. The maximum absolute atomic E-state index is 13.6. The van der Waals surface area contributed by atoms with E-state index in [1.807, 2.05) is 0 Å². The summed E-state index contributed by atoms with van der Waals surface area (Å²) in [4.78, 5) is 36.1. The third kappa shape index (κ3) is 6.33. The SMILES string of the molecule is CC(=O)Nc1cc(Nc2cc(C)nc(C(C)(F)F)n2)c(OCC(=O)N(C)C)cn1. The number of aromatic nitrogens is 3. The fourth-order valence-electron chi connectivity index (χ4n) is 2.14. The van der Waals surface area contributed by atoms with Gasteiger partial charge in [-0.25, -0.2) is 15.0 Å². The Balaban J connectivity index is 2.38. The van der Waals surface area contributed by atoms with Crippen molar-refractivity contribution in [1.29, 1.82) is 0 Å². The van der Waals surface area contributed by atoms with Gasteiger partial charge in [0.15, 0.2) is 12.4 Å². The second kappa shape index (κ2) is 8.76. The van der Waals surface area contributed by atoms with Gasteiger partial charge in [-0.3, -0.25) is 9.59 Å². The summed E-state index contributed by atoms with van der Waals surface area (Å²) in [6, 6.07) is 2.92. The topological polar surface area (TPSA) is 109 Å². The molecule has 0 aliphatic rings. The molecule has 0 aromatic carbocycles. The molecule has 11 heteroatoms. The molecule has 156 valence electrons. The van der Waals surface area contributed by atoms with Gasteiger partial charge < -0.3 is 20.3 Å². The molecule has 2 amide bonds. The Hall–Kier alpha value is -3.37. The number of carbonyl (C=O) groups is 2. The highest BCUT2D eigenvalue weighted by Crippen LogP contribution is 2.30. The lowest BCUT2D eigenvalue weighted by molar-refractivity contribution is -0.130. The van der Waals surface area contributed by atoms with Crippen LogP contribution in [0.1, 0.15) is 25.4 Å². The van der Waals surface area contributed by atoms with Crippen LogP contribution in [0.15, 0.2) is 18.3 Å². The van der Waals surface area contributed by atoms with Crippen molar-refractivity contribution in [2.24, 2.45) is 0 Å². The largest absolute Gasteiger partial charge is 0.480 e. The minimum absolute atomic E-state index is 0.0952. The van der Waals surface area contributed by atoms with Crippen LogP contribution in [0.3, 0.4) is 0 Å². The number of hydrogen-bond donors (Lipinski definition) is 2. The zero-order valence-electron chi connectivity index (χ0n) is 16.7. The predicted molar refractivity (Wildman–Crippen MR) is 102 cm³/mol. The third-order valence-corrected chi connectivity index (χ3v) is 3.53. The van der Waals surface area contributed by atoms with Crippen molar-refractivity contribution in [1.82, 2.24) is 19.9 Å². The standard InChI is InChI=1S/C18H22F2N6O3/c1-10-6-15(25-17(22-10)18(3,19)20)24-12-7-14(23-11(2)27)21-8-13(12)29-9-16(28)26(4)5/h6-8H,9H2,1-5H3,(H2,21,22,23,24,25,27). The van der Waals surface area contributed by atoms with Crippen molar-refractivity contribution < 1.29 is 23.1 Å². The van der Waals surface area contributed by atoms with E-state index in [9.17, 15) is 18.4 Å². The average molecular weight is 408 g/mol. The normalized spacial score (nSPS) is 11.0. The summed E-state index contributed by atoms with van der Waals surface area (Å²) in [5.41, 5.74) is 0.610. The monoisotopic (exact) mass is 408 g/mol. The Morgan fingerprint density at radius 3 is 2.48 bits per heavy atom. The summed E-state index contributed by atoms with van der Waals surface area (Å²) < 4.78 is 32.8. The van der Waals surface area contributed by atoms with E-state index < -0.39 is 11.7 Å². The minimum Gasteiger partial charge on any atom is -0.480 e. The summed E-state index contributed by atoms with van der Waals surface area (Å²) in [5.74, 6) is -4.01. The maximum atomic E-state index is 13.6. The van der Waals surface area contributed by atoms with Gasteiger partial charge in [0.1, 0.15) is 11.6 Å². The summed E-state index contributed by atoms with van der Waals surface area (Å²) >= 11 is 0. The summed E-state index contributed by atoms with van der Waals surface area (Å²) in [5, 5.41) is 5.38. The van der Waals surface area contributed by atoms with Crippen LogP contribution in [-0.2, 0) is 15.5 Å². The van der Waals surface area contributed by atoms with Crippen molar-refractivity contribution in [2.45, 2.75) is 26.7 Å². The first kappa shape index (κ1) is 21.9. The highest BCUT2D eigenvalue weighted by atomic mass is 19.3. The number of carbonyl (C=O) groups excluding carboxylic acids is 2. The molecule has 0 unspecified atom stereocenters. The molecule has 0 fully saturated rings. The van der Waals surface area contributed by atoms with Crippen LogP contribution in [0.2, 0.25) is 0 Å². The number of pyridine rings is 1. The molecule has 0 saturated heterocycles. The summed E-state index contributed by atoms with van der Waals surface area (Å²) in [6.45, 7) is 3.32. The lowest BCUT2D eigenvalue weighted by Crippen LogP contribution is -2.27. The molecular weight excluding hydrogens is 386 g/mol. The molecular formula is C18H22F2N6O3. The molecule has 0 radical (unpaired) electrons. The number of ether oxygens (including phenoxy) is 1. The number of nitrogens with zero attached hydrogens (tertiary/aromatic N) is 4. The van der Waals surface area contributed by atoms with Gasteiger partial charge in [-0.15, -0.1) is 0 Å². The molecule has 0 aliphatic carbocycles. The van der Waals surface area contributed by atoms with Crippen molar-refractivity contribution in [3.63, 3.8) is 0 Å². The highest BCUT2D eigenvalue weighted by molar-refractivity contribution is 5.88. The zero-order chi connectivity index (χ0) is 21.8. The molecule has 2 aromatic heterocycles. The Morgan fingerprint density at radius 1 is 1.21 bits per heavy atom. The van der Waals surface area contributed by atoms with Gasteiger partial charge in [0.2, 0.25) is 11.7 Å². The number of nitrogens with one attached hydrogen (secondary N) is 2. The van der Waals surface area contributed by atoms with E-state index in [0.717, 1.165) is 0 Å². The van der Waals surface area contributed by atoms with Crippen molar-refractivity contribution >= 4 is 29.1 Å². The van der Waals surface area contributed by atoms with Gasteiger partial charge in [0, 0.05) is 45.8 Å². The zero-order valence-corrected chi connectivity index (χ0v) is 16.7. The van der Waals surface area contributed by atoms with Gasteiger partial charge in [0.05, 0.1) is 11.9 Å². The molecule has 2 heterocycles. The number of anilines is 3. The molecule has 29 heavy (non-hydrogen) atoms. The molecule has 0 spiro atoms. The lowest BCUT2D eigenvalue weighted by atomic mass is 10.3. The Morgan fingerprint density at radius 2 is 1.90 bits per heavy atom. The second-order valence-electron chi connectivity index (χ2n) is 6.56. The fourth-order valence-corrected chi connectivity index (χ4v) is 2.14. The third-order valence-electron chi connectivity index (χ3n) is 3.53. The molecule has 2 aromatic rings. The van der Waals surface area contributed by atoms with Crippen LogP contribution in [0.4, 0.5) is 26.1 Å². The fraction of sp³-hybridized carbons (Fsp3) is 0.389. The first-order chi connectivity index (χ1) is 13.5. The van der Waals surface area contributed by atoms with E-state index in [-0.39, 0.29) is 41.5 Å². The smallest absolute Gasteiger partial charge is 0.303 e. The average Bonchev–Trinajstić information content (AvgIpc) is 2.59. The number of likely N-dealkylation sites (N-methyl/N-ethyl adjacent to an activating group) is 1. The van der Waals surface area contributed by atoms with Gasteiger partial charge in [-0.1, -0.05) is 0 Å². The molecule has 0 bridgehead atoms. The van der Waals surface area contributed by atoms with Crippen LogP contribution in [-0.4, -0.2) is 52.4 Å². The number of hydrogen-bond acceptors (Lipinski definition) is 7. The van der Waals surface area contributed by atoms with E-state index in [1.165, 1.54) is 30.2 Å². The van der Waals surface area contributed by atoms with Gasteiger partial charge in [-0.2, -0.15) is 8.78 Å². The first-order valence-corrected chi connectivity index (χ1v) is 8.57. The van der Waals surface area contributed by atoms with Crippen LogP contribution in [0.25, 0.3) is 0 Å². The lowest BCUT2D eigenvalue weighted by Gasteiger charge is -2.16. The van der Waals surface area contributed by atoms with E-state index in [0.29, 0.717) is 12.6 Å². The van der Waals surface area contributed by atoms with Crippen molar-refractivity contribution in [3.05, 3.63) is 29.8 Å². The van der Waals surface area contributed by atoms with Crippen LogP contribution >= 0.6 is 0 Å². The molecule has 2 rings (SSSR count). The van der Waals surface area contributed by atoms with E-state index in [1.54, 1.807) is 21.0 Å². The Kier molecular flexibility index (Phi) is 6.62. The number of aryl methyl sites for hydroxylation is 1. The van der Waals surface area contributed by atoms with Crippen LogP contribution < -0.4 is 15.4 Å². The molecule has 0 atom stereocenters. The Labute approximate surface area is 166 Å². The summed E-state index contributed by atoms with van der Waals surface area (Å²) in [7, 11) is 3.16. The highest BCUT2D eigenvalue weighted by Gasteiger charge is 2.29. The van der Waals surface area contributed by atoms with Crippen molar-refractivity contribution in [2.75, 3.05) is 31.3 Å². The summed E-state index contributed by atoms with van der Waals surface area (Å²) in [6.07, 6.45) is 1.31. The van der Waals surface area contributed by atoms with E-state index in [2.05, 4.69) is 25.6 Å². The Bertz CT molecular complexity index is 915. The number of amides is 2. The predicted octanol–water partition coefficient (Wildman–Crippen LogP) is 2.46.